The molecule has 1 atom stereocenters. The smallest absolute Gasteiger partial charge is 0.252 e. The topological polar surface area (TPSA) is 63.4 Å². The van der Waals surface area contributed by atoms with E-state index in [2.05, 4.69) is 0 Å². The first-order chi connectivity index (χ1) is 7.54. The van der Waals surface area contributed by atoms with Crippen LogP contribution in [-0.4, -0.2) is 31.9 Å². The van der Waals surface area contributed by atoms with Gasteiger partial charge in [-0.15, -0.1) is 11.3 Å². The number of thiophene rings is 1. The Hall–Kier alpha value is -0.430. The molecule has 0 saturated carbocycles. The van der Waals surface area contributed by atoms with Crippen LogP contribution in [-0.2, 0) is 16.4 Å². The number of nitrogens with zero attached hydrogens (tertiary/aromatic N) is 1. The van der Waals surface area contributed by atoms with Gasteiger partial charge in [-0.3, -0.25) is 0 Å². The first-order valence-corrected chi connectivity index (χ1v) is 7.64. The Morgan fingerprint density at radius 1 is 1.56 bits per heavy atom. The molecule has 2 heterocycles. The van der Waals surface area contributed by atoms with E-state index in [4.69, 9.17) is 5.73 Å². The normalized spacial score (nSPS) is 22.8. The summed E-state index contributed by atoms with van der Waals surface area (Å²) < 4.78 is 26.3. The van der Waals surface area contributed by atoms with Gasteiger partial charge in [-0.25, -0.2) is 8.42 Å². The zero-order chi connectivity index (χ0) is 11.8. The molecule has 0 amide bonds. The lowest BCUT2D eigenvalue weighted by Crippen LogP contribution is -2.31. The third-order valence-corrected chi connectivity index (χ3v) is 6.33. The van der Waals surface area contributed by atoms with E-state index in [0.29, 0.717) is 17.3 Å². The fourth-order valence-electron chi connectivity index (χ4n) is 1.79. The number of hydrogen-bond acceptors (Lipinski definition) is 4. The van der Waals surface area contributed by atoms with Crippen LogP contribution in [0.1, 0.15) is 18.2 Å². The van der Waals surface area contributed by atoms with Gasteiger partial charge in [0.25, 0.3) is 10.0 Å². The fourth-order valence-corrected chi connectivity index (χ4v) is 4.75. The van der Waals surface area contributed by atoms with Crippen LogP contribution in [0.2, 0.25) is 0 Å². The summed E-state index contributed by atoms with van der Waals surface area (Å²) in [5.74, 6) is 0. The molecular formula is C10H16N2O2S2. The Morgan fingerprint density at radius 2 is 2.31 bits per heavy atom. The van der Waals surface area contributed by atoms with Gasteiger partial charge in [-0.1, -0.05) is 6.92 Å². The van der Waals surface area contributed by atoms with Crippen molar-refractivity contribution in [2.45, 2.75) is 30.0 Å². The van der Waals surface area contributed by atoms with E-state index in [-0.39, 0.29) is 6.04 Å². The predicted molar refractivity (Wildman–Crippen MR) is 65.0 cm³/mol. The van der Waals surface area contributed by atoms with E-state index < -0.39 is 10.0 Å². The maximum absolute atomic E-state index is 12.2. The lowest BCUT2D eigenvalue weighted by molar-refractivity contribution is 0.474. The van der Waals surface area contributed by atoms with Crippen LogP contribution in [0, 0.1) is 0 Å². The average Bonchev–Trinajstić information content (AvgIpc) is 2.85. The number of rotatable bonds is 3. The van der Waals surface area contributed by atoms with Crippen molar-refractivity contribution in [3.8, 4) is 0 Å². The Labute approximate surface area is 100 Å². The van der Waals surface area contributed by atoms with E-state index in [1.54, 1.807) is 6.07 Å². The van der Waals surface area contributed by atoms with Gasteiger partial charge in [0.05, 0.1) is 0 Å². The maximum atomic E-state index is 12.2. The third kappa shape index (κ3) is 2.15. The molecule has 2 rings (SSSR count). The van der Waals surface area contributed by atoms with Crippen molar-refractivity contribution in [3.05, 3.63) is 17.0 Å². The summed E-state index contributed by atoms with van der Waals surface area (Å²) in [7, 11) is -3.29. The van der Waals surface area contributed by atoms with Gasteiger partial charge < -0.3 is 5.73 Å². The highest BCUT2D eigenvalue weighted by Gasteiger charge is 2.31. The second-order valence-electron chi connectivity index (χ2n) is 3.99. The van der Waals surface area contributed by atoms with Crippen molar-refractivity contribution < 1.29 is 8.42 Å². The predicted octanol–water partition coefficient (Wildman–Crippen LogP) is 1.03. The Morgan fingerprint density at radius 3 is 2.81 bits per heavy atom. The first-order valence-electron chi connectivity index (χ1n) is 5.38. The van der Waals surface area contributed by atoms with Crippen LogP contribution >= 0.6 is 11.3 Å². The highest BCUT2D eigenvalue weighted by atomic mass is 32.2. The van der Waals surface area contributed by atoms with Gasteiger partial charge in [-0.05, 0) is 25.0 Å². The van der Waals surface area contributed by atoms with E-state index in [1.165, 1.54) is 15.6 Å². The van der Waals surface area contributed by atoms with Crippen molar-refractivity contribution in [2.75, 3.05) is 13.1 Å². The lowest BCUT2D eigenvalue weighted by atomic mass is 10.3. The Bertz CT molecular complexity index is 467. The van der Waals surface area contributed by atoms with Crippen LogP contribution in [0.15, 0.2) is 16.3 Å². The molecule has 2 N–H and O–H groups in total. The summed E-state index contributed by atoms with van der Waals surface area (Å²) in [4.78, 5) is 1.10. The minimum atomic E-state index is -3.29. The van der Waals surface area contributed by atoms with Crippen molar-refractivity contribution in [2.24, 2.45) is 5.73 Å². The second-order valence-corrected chi connectivity index (χ2v) is 7.32. The summed E-state index contributed by atoms with van der Waals surface area (Å²) in [5, 5.41) is 0. The first kappa shape index (κ1) is 12.0. The largest absolute Gasteiger partial charge is 0.326 e. The second kappa shape index (κ2) is 4.44. The molecule has 0 aromatic carbocycles. The molecule has 1 aliphatic rings. The van der Waals surface area contributed by atoms with Crippen LogP contribution in [0.3, 0.4) is 0 Å². The van der Waals surface area contributed by atoms with Gasteiger partial charge in [0, 0.05) is 24.0 Å². The highest BCUT2D eigenvalue weighted by molar-refractivity contribution is 7.91. The monoisotopic (exact) mass is 260 g/mol. The molecule has 0 unspecified atom stereocenters. The SMILES string of the molecule is CCc1ccc(S(=O)(=O)N2CC[C@H](N)C2)s1. The number of hydrogen-bond donors (Lipinski definition) is 1. The number of nitrogens with two attached hydrogens (primary N) is 1. The molecule has 0 radical (unpaired) electrons. The molecule has 0 aliphatic carbocycles. The zero-order valence-corrected chi connectivity index (χ0v) is 10.9. The molecule has 90 valence electrons. The summed E-state index contributed by atoms with van der Waals surface area (Å²) >= 11 is 1.36. The van der Waals surface area contributed by atoms with Gasteiger partial charge >= 0.3 is 0 Å². The molecule has 0 bridgehead atoms. The zero-order valence-electron chi connectivity index (χ0n) is 9.22. The third-order valence-electron chi connectivity index (χ3n) is 2.77. The number of sulfonamides is 1. The van der Waals surface area contributed by atoms with Crippen LogP contribution in [0.5, 0.6) is 0 Å². The quantitative estimate of drug-likeness (QED) is 0.883. The molecule has 1 aromatic heterocycles. The van der Waals surface area contributed by atoms with E-state index in [9.17, 15) is 8.42 Å². The highest BCUT2D eigenvalue weighted by Crippen LogP contribution is 2.27. The van der Waals surface area contributed by atoms with E-state index in [1.807, 2.05) is 13.0 Å². The molecule has 1 saturated heterocycles. The van der Waals surface area contributed by atoms with Crippen molar-refractivity contribution in [1.82, 2.24) is 4.31 Å². The molecule has 4 nitrogen and oxygen atoms in total. The molecule has 6 heteroatoms. The average molecular weight is 260 g/mol. The van der Waals surface area contributed by atoms with E-state index in [0.717, 1.165) is 17.7 Å². The van der Waals surface area contributed by atoms with E-state index >= 15 is 0 Å². The molecule has 0 spiro atoms. The summed E-state index contributed by atoms with van der Waals surface area (Å²) in [6.07, 6.45) is 1.63. The molecule has 1 aliphatic heterocycles. The van der Waals surface area contributed by atoms with Crippen LogP contribution < -0.4 is 5.73 Å². The maximum Gasteiger partial charge on any atom is 0.252 e. The van der Waals surface area contributed by atoms with Gasteiger partial charge in [0.1, 0.15) is 4.21 Å². The Balaban J connectivity index is 2.25. The summed E-state index contributed by atoms with van der Waals surface area (Å²) in [6.45, 7) is 3.01. The minimum absolute atomic E-state index is 0.0135. The van der Waals surface area contributed by atoms with Crippen molar-refractivity contribution >= 4 is 21.4 Å². The van der Waals surface area contributed by atoms with Gasteiger partial charge in [0.15, 0.2) is 0 Å². The van der Waals surface area contributed by atoms with Crippen LogP contribution in [0.25, 0.3) is 0 Å². The van der Waals surface area contributed by atoms with Gasteiger partial charge in [0.2, 0.25) is 0 Å². The van der Waals surface area contributed by atoms with Crippen molar-refractivity contribution in [1.29, 1.82) is 0 Å². The lowest BCUT2D eigenvalue weighted by Gasteiger charge is -2.14. The fraction of sp³-hybridized carbons (Fsp3) is 0.600. The van der Waals surface area contributed by atoms with Crippen LogP contribution in [0.4, 0.5) is 0 Å². The van der Waals surface area contributed by atoms with Gasteiger partial charge in [-0.2, -0.15) is 4.31 Å². The number of aryl methyl sites for hydroxylation is 1. The van der Waals surface area contributed by atoms with Crippen molar-refractivity contribution in [3.63, 3.8) is 0 Å². The molecule has 16 heavy (non-hydrogen) atoms. The molecule has 1 aromatic rings. The Kier molecular flexibility index (Phi) is 3.34. The molecule has 1 fully saturated rings. The molecular weight excluding hydrogens is 244 g/mol. The minimum Gasteiger partial charge on any atom is -0.326 e. The summed E-state index contributed by atoms with van der Waals surface area (Å²) in [6, 6.07) is 3.57. The standard InChI is InChI=1S/C10H16N2O2S2/c1-2-9-3-4-10(15-9)16(13,14)12-6-5-8(11)7-12/h3-4,8H,2,5-7,11H2,1H3/t8-/m0/s1. The summed E-state index contributed by atoms with van der Waals surface area (Å²) in [5.41, 5.74) is 5.73.